The van der Waals surface area contributed by atoms with E-state index in [2.05, 4.69) is 15.5 Å². The van der Waals surface area contributed by atoms with Crippen molar-refractivity contribution in [2.24, 2.45) is 5.92 Å². The van der Waals surface area contributed by atoms with Crippen molar-refractivity contribution in [1.82, 2.24) is 20.4 Å². The number of carbonyl (C=O) groups is 3. The van der Waals surface area contributed by atoms with Crippen molar-refractivity contribution in [3.05, 3.63) is 53.2 Å². The Kier molecular flexibility index (Phi) is 11.6. The van der Waals surface area contributed by atoms with Gasteiger partial charge in [-0.15, -0.1) is 10.2 Å². The largest absolute Gasteiger partial charge is 1.00 e. The van der Waals surface area contributed by atoms with Crippen LogP contribution >= 0.6 is 0 Å². The topological polar surface area (TPSA) is 146 Å². The number of halogens is 3. The third-order valence-corrected chi connectivity index (χ3v) is 5.55. The number of piperazine rings is 1. The molecule has 1 saturated heterocycles. The zero-order valence-corrected chi connectivity index (χ0v) is 20.7. The van der Waals surface area contributed by atoms with Gasteiger partial charge in [-0.3, -0.25) is 9.59 Å². The van der Waals surface area contributed by atoms with E-state index in [1.807, 2.05) is 13.8 Å². The Morgan fingerprint density at radius 1 is 1.05 bits per heavy atom. The Balaban J connectivity index is 0.00000456. The molecule has 1 aliphatic rings. The minimum Gasteiger partial charge on any atom is -0.870 e. The molecule has 3 rings (SSSR count). The summed E-state index contributed by atoms with van der Waals surface area (Å²) >= 11 is 0. The van der Waals surface area contributed by atoms with Crippen LogP contribution in [-0.2, 0) is 11.0 Å². The summed E-state index contributed by atoms with van der Waals surface area (Å²) in [7, 11) is 0. The van der Waals surface area contributed by atoms with Crippen molar-refractivity contribution in [3.8, 4) is 0 Å². The molecule has 1 atom stereocenters. The Morgan fingerprint density at radius 3 is 2.19 bits per heavy atom. The SMILES string of the molecule is CC(C)CC(NC(=O)c1ccc(N2CCN(C(=O)c3ccccc3C(F)(F)F)CC2)nn1)C(=O)O.[HH].[Li+].[OH-]. The van der Waals surface area contributed by atoms with Gasteiger partial charge in [-0.05, 0) is 36.6 Å². The third kappa shape index (κ3) is 8.18. The van der Waals surface area contributed by atoms with Gasteiger partial charge in [-0.2, -0.15) is 13.2 Å². The molecule has 1 fully saturated rings. The average molecular weight is 519 g/mol. The molecule has 37 heavy (non-hydrogen) atoms. The maximum absolute atomic E-state index is 13.3. The van der Waals surface area contributed by atoms with Crippen molar-refractivity contribution in [1.29, 1.82) is 0 Å². The molecule has 1 aromatic carbocycles. The number of hydrogen-bond donors (Lipinski definition) is 2. The molecule has 1 unspecified atom stereocenters. The van der Waals surface area contributed by atoms with Gasteiger partial charge in [0.15, 0.2) is 11.5 Å². The number of nitrogens with one attached hydrogen (secondary N) is 1. The monoisotopic (exact) mass is 519 g/mol. The van der Waals surface area contributed by atoms with Crippen molar-refractivity contribution in [3.63, 3.8) is 0 Å². The number of carbonyl (C=O) groups excluding carboxylic acids is 2. The molecule has 2 aromatic rings. The fourth-order valence-electron chi connectivity index (χ4n) is 3.77. The van der Waals surface area contributed by atoms with Gasteiger partial charge >= 0.3 is 31.0 Å². The van der Waals surface area contributed by atoms with Crippen LogP contribution in [-0.4, -0.2) is 75.7 Å². The first-order valence-electron chi connectivity index (χ1n) is 11.0. The van der Waals surface area contributed by atoms with Crippen LogP contribution in [0.15, 0.2) is 36.4 Å². The van der Waals surface area contributed by atoms with E-state index in [1.54, 1.807) is 11.0 Å². The minimum absolute atomic E-state index is 0. The molecule has 10 nitrogen and oxygen atoms in total. The van der Waals surface area contributed by atoms with Gasteiger partial charge in [0.05, 0.1) is 11.1 Å². The number of alkyl halides is 3. The Bertz CT molecular complexity index is 1080. The van der Waals surface area contributed by atoms with Crippen molar-refractivity contribution in [2.45, 2.75) is 32.5 Å². The molecule has 1 aromatic heterocycles. The number of aliphatic carboxylic acids is 1. The summed E-state index contributed by atoms with van der Waals surface area (Å²) in [6.45, 7) is 4.69. The Morgan fingerprint density at radius 2 is 1.68 bits per heavy atom. The number of aromatic nitrogens is 2. The number of benzene rings is 1. The molecule has 3 N–H and O–H groups in total. The molecule has 0 saturated carbocycles. The number of rotatable bonds is 7. The smallest absolute Gasteiger partial charge is 0.870 e. The first kappa shape index (κ1) is 31.9. The summed E-state index contributed by atoms with van der Waals surface area (Å²) in [6.07, 6.45) is -4.36. The molecule has 0 aliphatic carbocycles. The van der Waals surface area contributed by atoms with Gasteiger partial charge in [-0.25, -0.2) is 4.79 Å². The van der Waals surface area contributed by atoms with E-state index in [0.29, 0.717) is 18.9 Å². The molecule has 0 spiro atoms. The number of amides is 2. The van der Waals surface area contributed by atoms with Crippen LogP contribution < -0.4 is 29.1 Å². The van der Waals surface area contributed by atoms with E-state index in [-0.39, 0.29) is 62.4 Å². The van der Waals surface area contributed by atoms with Crippen LogP contribution in [0.1, 0.15) is 48.1 Å². The second-order valence-corrected chi connectivity index (χ2v) is 8.59. The predicted molar refractivity (Wildman–Crippen MR) is 124 cm³/mol. The Hall–Kier alpha value is -3.14. The molecule has 1 aliphatic heterocycles. The van der Waals surface area contributed by atoms with Crippen LogP contribution in [0.3, 0.4) is 0 Å². The summed E-state index contributed by atoms with van der Waals surface area (Å²) in [6, 6.07) is 6.62. The molecular weight excluding hydrogens is 490 g/mol. The van der Waals surface area contributed by atoms with Crippen LogP contribution in [0.4, 0.5) is 19.0 Å². The van der Waals surface area contributed by atoms with Gasteiger partial charge in [0.2, 0.25) is 0 Å². The summed E-state index contributed by atoms with van der Waals surface area (Å²) in [5, 5.41) is 19.6. The van der Waals surface area contributed by atoms with Gasteiger partial charge in [0.1, 0.15) is 6.04 Å². The second kappa shape index (κ2) is 13.4. The summed E-state index contributed by atoms with van der Waals surface area (Å²) in [5.41, 5.74) is -1.40. The van der Waals surface area contributed by atoms with Crippen LogP contribution in [0.2, 0.25) is 0 Å². The van der Waals surface area contributed by atoms with Crippen molar-refractivity contribution >= 4 is 23.6 Å². The van der Waals surface area contributed by atoms with Gasteiger partial charge in [-0.1, -0.05) is 26.0 Å². The molecule has 0 radical (unpaired) electrons. The molecule has 2 heterocycles. The number of hydrogen-bond acceptors (Lipinski definition) is 7. The summed E-state index contributed by atoms with van der Waals surface area (Å²) < 4.78 is 39.8. The molecule has 0 bridgehead atoms. The summed E-state index contributed by atoms with van der Waals surface area (Å²) in [5.74, 6) is -1.98. The number of carboxylic acids is 1. The van der Waals surface area contributed by atoms with Crippen LogP contribution in [0.25, 0.3) is 0 Å². The second-order valence-electron chi connectivity index (χ2n) is 8.59. The number of anilines is 1. The maximum atomic E-state index is 13.3. The fraction of sp³-hybridized carbons (Fsp3) is 0.435. The van der Waals surface area contributed by atoms with E-state index < -0.39 is 35.6 Å². The van der Waals surface area contributed by atoms with E-state index in [4.69, 9.17) is 0 Å². The van der Waals surface area contributed by atoms with Crippen molar-refractivity contribution < 1.29 is 58.4 Å². The third-order valence-electron chi connectivity index (χ3n) is 5.55. The van der Waals surface area contributed by atoms with E-state index in [1.165, 1.54) is 29.2 Å². The van der Waals surface area contributed by atoms with E-state index in [0.717, 1.165) is 6.07 Å². The maximum Gasteiger partial charge on any atom is 1.00 e. The normalized spacial score (nSPS) is 14.3. The van der Waals surface area contributed by atoms with E-state index in [9.17, 15) is 32.7 Å². The molecule has 2 amide bonds. The molecular formula is C23H29F3LiN5O5. The minimum atomic E-state index is -4.63. The van der Waals surface area contributed by atoms with Gasteiger partial charge in [0, 0.05) is 27.6 Å². The first-order chi connectivity index (χ1) is 16.5. The van der Waals surface area contributed by atoms with Crippen molar-refractivity contribution in [2.75, 3.05) is 31.1 Å². The number of nitrogens with zero attached hydrogens (tertiary/aromatic N) is 4. The molecule has 14 heteroatoms. The predicted octanol–water partition coefficient (Wildman–Crippen LogP) is -0.240. The average Bonchev–Trinajstić information content (AvgIpc) is 2.82. The van der Waals surface area contributed by atoms with Gasteiger partial charge < -0.3 is 25.7 Å². The first-order valence-corrected chi connectivity index (χ1v) is 11.0. The van der Waals surface area contributed by atoms with Crippen LogP contribution in [0.5, 0.6) is 0 Å². The summed E-state index contributed by atoms with van der Waals surface area (Å²) in [4.78, 5) is 39.6. The van der Waals surface area contributed by atoms with Gasteiger partial charge in [0.25, 0.3) is 11.8 Å². The standard InChI is InChI=1S/C23H26F3N5O4.Li.H2O.H2/c1-14(2)13-18(22(34)35)27-20(32)17-7-8-19(29-28-17)30-9-11-31(12-10-30)21(33)15-5-3-4-6-16(15)23(24,25)26;;;/h3-8,14,18H,9-13H2,1-2H3,(H,27,32)(H,34,35);;1H2;1H/q;+1;;/p-1. The van der Waals surface area contributed by atoms with E-state index >= 15 is 0 Å². The number of carboxylic acid groups (broad SMARTS) is 1. The Labute approximate surface area is 225 Å². The zero-order valence-electron chi connectivity index (χ0n) is 20.7. The molecule has 198 valence electrons. The zero-order chi connectivity index (χ0) is 25.8. The fourth-order valence-corrected chi connectivity index (χ4v) is 3.77. The van der Waals surface area contributed by atoms with Crippen LogP contribution in [0, 0.1) is 5.92 Å². The quantitative estimate of drug-likeness (QED) is 0.477.